The maximum atomic E-state index is 13.8. The number of anilines is 1. The van der Waals surface area contributed by atoms with Crippen LogP contribution in [0.1, 0.15) is 88.2 Å². The third kappa shape index (κ3) is 8.15. The van der Waals surface area contributed by atoms with Crippen LogP contribution in [0.2, 0.25) is 5.02 Å². The number of benzene rings is 2. The zero-order valence-corrected chi connectivity index (χ0v) is 36.2. The molecular weight excluding hydrogens is 760 g/mol. The van der Waals surface area contributed by atoms with Crippen molar-refractivity contribution in [3.63, 3.8) is 0 Å². The molecule has 1 N–H and O–H groups in total. The van der Waals surface area contributed by atoms with E-state index in [0.717, 1.165) is 95.3 Å². The van der Waals surface area contributed by atoms with Crippen LogP contribution in [0, 0.1) is 23.2 Å². The van der Waals surface area contributed by atoms with Crippen molar-refractivity contribution in [2.45, 2.75) is 95.5 Å². The summed E-state index contributed by atoms with van der Waals surface area (Å²) in [4.78, 5) is 21.5. The van der Waals surface area contributed by atoms with Gasteiger partial charge in [-0.3, -0.25) is 14.6 Å². The van der Waals surface area contributed by atoms with E-state index in [4.69, 9.17) is 25.8 Å². The lowest BCUT2D eigenvalue weighted by Crippen LogP contribution is -2.65. The monoisotopic (exact) mass is 822 g/mol. The van der Waals surface area contributed by atoms with Crippen LogP contribution in [0.3, 0.4) is 0 Å². The Morgan fingerprint density at radius 1 is 1.07 bits per heavy atom. The number of amides is 1. The lowest BCUT2D eigenvalue weighted by Gasteiger charge is -2.59. The second-order valence-electron chi connectivity index (χ2n) is 19.0. The number of aryl methyl sites for hydroxylation is 1. The van der Waals surface area contributed by atoms with E-state index >= 15 is 0 Å². The Hall–Kier alpha value is -2.67. The molecule has 3 fully saturated rings. The molecule has 2 aromatic rings. The second-order valence-corrected chi connectivity index (χ2v) is 21.4. The molecule has 10 nitrogen and oxygen atoms in total. The summed E-state index contributed by atoms with van der Waals surface area (Å²) in [6.07, 6.45) is 10.1. The van der Waals surface area contributed by atoms with Crippen LogP contribution in [0.4, 0.5) is 5.69 Å². The number of nitrogens with zero attached hydrogens (tertiary/aromatic N) is 3. The minimum atomic E-state index is -3.98. The highest BCUT2D eigenvalue weighted by Gasteiger charge is 2.56. The summed E-state index contributed by atoms with van der Waals surface area (Å²) in [5.41, 5.74) is 2.66. The van der Waals surface area contributed by atoms with Gasteiger partial charge in [-0.15, -0.1) is 0 Å². The summed E-state index contributed by atoms with van der Waals surface area (Å²) in [5, 5.41) is -0.0466. The maximum absolute atomic E-state index is 13.8. The largest absolute Gasteiger partial charge is 0.490 e. The first kappa shape index (κ1) is 41.1. The van der Waals surface area contributed by atoms with E-state index in [0.29, 0.717) is 49.5 Å². The van der Waals surface area contributed by atoms with Crippen LogP contribution in [0.5, 0.6) is 5.75 Å². The molecule has 2 saturated heterocycles. The molecule has 1 unspecified atom stereocenters. The molecule has 1 amide bonds. The van der Waals surface area contributed by atoms with E-state index in [9.17, 15) is 13.2 Å². The SMILES string of the molecule is CC(C)CO[C@@]1(CN2CCN3CCOC[C@@H]3C2)/C=C/C[C@H](C)[C@@H](C)S(=O)(=O)NC(=O)c2ccc3c(c2)N(CC2(C)CC[C@H]21)C[C@@]1(CCCc2cc(Cl)ccc21)CO3. The molecule has 312 valence electrons. The molecule has 2 aromatic carbocycles. The van der Waals surface area contributed by atoms with Gasteiger partial charge in [0.1, 0.15) is 11.4 Å². The van der Waals surface area contributed by atoms with Crippen molar-refractivity contribution in [2.75, 3.05) is 77.1 Å². The summed E-state index contributed by atoms with van der Waals surface area (Å²) in [7, 11) is -3.98. The average Bonchev–Trinajstić information content (AvgIpc) is 3.32. The number of halogens is 1. The van der Waals surface area contributed by atoms with Gasteiger partial charge in [-0.05, 0) is 110 Å². The summed E-state index contributed by atoms with van der Waals surface area (Å²) in [6.45, 7) is 19.3. The van der Waals surface area contributed by atoms with E-state index in [1.165, 1.54) is 11.1 Å². The highest BCUT2D eigenvalue weighted by molar-refractivity contribution is 7.90. The van der Waals surface area contributed by atoms with Gasteiger partial charge in [0.05, 0.1) is 37.4 Å². The van der Waals surface area contributed by atoms with Crippen LogP contribution in [-0.2, 0) is 31.3 Å². The van der Waals surface area contributed by atoms with E-state index in [2.05, 4.69) is 64.5 Å². The van der Waals surface area contributed by atoms with Crippen molar-refractivity contribution in [1.82, 2.24) is 14.5 Å². The Morgan fingerprint density at radius 2 is 1.91 bits per heavy atom. The summed E-state index contributed by atoms with van der Waals surface area (Å²) in [5.74, 6) is 0.389. The van der Waals surface area contributed by atoms with Crippen LogP contribution >= 0.6 is 11.6 Å². The lowest BCUT2D eigenvalue weighted by molar-refractivity contribution is -0.155. The second kappa shape index (κ2) is 16.1. The minimum Gasteiger partial charge on any atom is -0.490 e. The number of ether oxygens (including phenoxy) is 3. The minimum absolute atomic E-state index is 0.144. The Morgan fingerprint density at radius 3 is 2.70 bits per heavy atom. The van der Waals surface area contributed by atoms with E-state index in [-0.39, 0.29) is 22.7 Å². The highest BCUT2D eigenvalue weighted by atomic mass is 35.5. The molecule has 57 heavy (non-hydrogen) atoms. The predicted molar refractivity (Wildman–Crippen MR) is 226 cm³/mol. The van der Waals surface area contributed by atoms with Gasteiger partial charge >= 0.3 is 0 Å². The van der Waals surface area contributed by atoms with Crippen molar-refractivity contribution in [3.05, 3.63) is 70.3 Å². The number of sulfonamides is 1. The van der Waals surface area contributed by atoms with Crippen molar-refractivity contribution in [1.29, 1.82) is 0 Å². The number of hydrogen-bond acceptors (Lipinski definition) is 9. The fourth-order valence-electron chi connectivity index (χ4n) is 10.8. The molecule has 2 aliphatic carbocycles. The van der Waals surface area contributed by atoms with Crippen molar-refractivity contribution < 1.29 is 27.4 Å². The smallest absolute Gasteiger partial charge is 0.264 e. The third-order valence-corrected chi connectivity index (χ3v) is 16.5. The van der Waals surface area contributed by atoms with E-state index in [1.807, 2.05) is 25.1 Å². The van der Waals surface area contributed by atoms with Crippen molar-refractivity contribution in [2.24, 2.45) is 23.2 Å². The predicted octanol–water partition coefficient (Wildman–Crippen LogP) is 6.70. The van der Waals surface area contributed by atoms with Crippen LogP contribution in [0.15, 0.2) is 48.6 Å². The highest BCUT2D eigenvalue weighted by Crippen LogP contribution is 2.56. The van der Waals surface area contributed by atoms with Gasteiger partial charge in [0.25, 0.3) is 5.91 Å². The Kier molecular flexibility index (Phi) is 11.6. The zero-order chi connectivity index (χ0) is 40.2. The average molecular weight is 824 g/mol. The first-order valence-corrected chi connectivity index (χ1v) is 23.3. The standard InChI is InChI=1S/C45H63ClN4O6S/c1-31(2)25-56-45(29-48-18-19-49-20-21-54-26-37(49)24-48)16-6-8-32(3)33(4)57(52,53)47-42(51)35-10-13-40-39(23-35)50(27-43(5)17-14-41(43)45)28-44(30-55-40)15-7-9-34-22-36(46)11-12-38(34)44/h6,10-13,16,22-23,31-33,37,41H,7-9,14-15,17-21,24-30H2,1-5H3,(H,47,51)/b16-6+/t32-,33+,37-,41+,43?,44-,45+/m0/s1. The normalized spacial score (nSPS) is 35.2. The molecule has 12 heteroatoms. The number of carbonyl (C=O) groups excluding carboxylic acids is 1. The number of piperazine rings is 1. The zero-order valence-electron chi connectivity index (χ0n) is 34.6. The number of fused-ring (bicyclic) bond motifs is 5. The van der Waals surface area contributed by atoms with Gasteiger partial charge in [-0.2, -0.15) is 0 Å². The molecule has 4 aliphatic heterocycles. The van der Waals surface area contributed by atoms with Crippen LogP contribution < -0.4 is 14.4 Å². The van der Waals surface area contributed by atoms with Gasteiger partial charge in [0, 0.05) is 67.9 Å². The molecule has 2 bridgehead atoms. The molecule has 1 saturated carbocycles. The Labute approximate surface area is 345 Å². The van der Waals surface area contributed by atoms with Crippen molar-refractivity contribution in [3.8, 4) is 5.75 Å². The maximum Gasteiger partial charge on any atom is 0.264 e. The third-order valence-electron chi connectivity index (χ3n) is 14.4. The summed E-state index contributed by atoms with van der Waals surface area (Å²) < 4.78 is 50.1. The summed E-state index contributed by atoms with van der Waals surface area (Å²) >= 11 is 6.56. The number of hydrogen-bond donors (Lipinski definition) is 1. The molecule has 0 aromatic heterocycles. The molecule has 0 radical (unpaired) electrons. The first-order valence-electron chi connectivity index (χ1n) is 21.4. The molecule has 6 aliphatic rings. The molecule has 4 heterocycles. The number of carbonyl (C=O) groups is 1. The van der Waals surface area contributed by atoms with Gasteiger partial charge in [-0.1, -0.05) is 57.5 Å². The Bertz CT molecular complexity index is 1960. The Balaban J connectivity index is 1.23. The van der Waals surface area contributed by atoms with E-state index < -0.39 is 26.8 Å². The molecule has 1 spiro atoms. The first-order chi connectivity index (χ1) is 27.2. The van der Waals surface area contributed by atoms with Gasteiger partial charge in [0.15, 0.2) is 0 Å². The van der Waals surface area contributed by atoms with Gasteiger partial charge in [0.2, 0.25) is 10.0 Å². The number of allylic oxidation sites excluding steroid dienone is 1. The lowest BCUT2D eigenvalue weighted by atomic mass is 9.54. The topological polar surface area (TPSA) is 101 Å². The quantitative estimate of drug-likeness (QED) is 0.331. The molecule has 7 atom stereocenters. The number of rotatable bonds is 5. The van der Waals surface area contributed by atoms with Gasteiger partial charge in [-0.25, -0.2) is 13.1 Å². The van der Waals surface area contributed by atoms with Crippen molar-refractivity contribution >= 4 is 33.2 Å². The number of morpholine rings is 1. The van der Waals surface area contributed by atoms with Crippen LogP contribution in [-0.4, -0.2) is 113 Å². The fourth-order valence-corrected chi connectivity index (χ4v) is 12.3. The molecular formula is C45H63ClN4O6S. The van der Waals surface area contributed by atoms with Crippen LogP contribution in [0.25, 0.3) is 0 Å². The fraction of sp³-hybridized carbons (Fsp3) is 0.667. The summed E-state index contributed by atoms with van der Waals surface area (Å²) in [6, 6.07) is 12.1. The number of nitrogens with one attached hydrogen (secondary N) is 1. The van der Waals surface area contributed by atoms with E-state index in [1.54, 1.807) is 13.0 Å². The molecule has 8 rings (SSSR count). The van der Waals surface area contributed by atoms with Gasteiger partial charge < -0.3 is 19.1 Å².